The summed E-state index contributed by atoms with van der Waals surface area (Å²) in [6.07, 6.45) is -0.755. The average molecular weight is 307 g/mol. The van der Waals surface area contributed by atoms with E-state index in [1.807, 2.05) is 0 Å². The van der Waals surface area contributed by atoms with Crippen LogP contribution in [0.3, 0.4) is 0 Å². The fourth-order valence-electron chi connectivity index (χ4n) is 2.01. The highest BCUT2D eigenvalue weighted by Gasteiger charge is 2.42. The maximum atomic E-state index is 13.7. The van der Waals surface area contributed by atoms with Gasteiger partial charge in [-0.05, 0) is 39.8 Å². The lowest BCUT2D eigenvalue weighted by atomic mass is 10.0. The molecular formula is C15H18FN3O3. The maximum absolute atomic E-state index is 13.7. The van der Waals surface area contributed by atoms with Crippen molar-refractivity contribution in [2.75, 3.05) is 6.54 Å². The highest BCUT2D eigenvalue weighted by Crippen LogP contribution is 2.27. The number of aromatic nitrogens is 1. The minimum absolute atomic E-state index is 0.0121. The van der Waals surface area contributed by atoms with Gasteiger partial charge in [0, 0.05) is 0 Å². The number of nitrogens with zero attached hydrogens (tertiary/aromatic N) is 3. The Labute approximate surface area is 128 Å². The molecule has 7 heteroatoms. The molecule has 0 saturated carbocycles. The highest BCUT2D eigenvalue weighted by molar-refractivity contribution is 5.70. The predicted molar refractivity (Wildman–Crippen MR) is 75.7 cm³/mol. The smallest absolute Gasteiger partial charge is 0.410 e. The van der Waals surface area contributed by atoms with Crippen LogP contribution in [0.25, 0.3) is 0 Å². The summed E-state index contributed by atoms with van der Waals surface area (Å²) >= 11 is 0. The number of ether oxygens (including phenoxy) is 2. The monoisotopic (exact) mass is 307 g/mol. The van der Waals surface area contributed by atoms with Crippen molar-refractivity contribution in [1.82, 2.24) is 9.88 Å². The van der Waals surface area contributed by atoms with Gasteiger partial charge in [-0.15, -0.1) is 0 Å². The number of halogens is 1. The largest absolute Gasteiger partial charge is 0.482 e. The van der Waals surface area contributed by atoms with Gasteiger partial charge in [0.15, 0.2) is 5.75 Å². The predicted octanol–water partition coefficient (Wildman–Crippen LogP) is 2.48. The van der Waals surface area contributed by atoms with Gasteiger partial charge >= 0.3 is 6.09 Å². The molecule has 0 aromatic carbocycles. The molecule has 0 unspecified atom stereocenters. The number of hydrogen-bond acceptors (Lipinski definition) is 5. The number of nitriles is 1. The molecule has 1 aliphatic heterocycles. The number of rotatable bonds is 2. The van der Waals surface area contributed by atoms with Crippen molar-refractivity contribution in [3.05, 3.63) is 23.8 Å². The molecule has 2 atom stereocenters. The lowest BCUT2D eigenvalue weighted by Crippen LogP contribution is -2.63. The Morgan fingerprint density at radius 1 is 1.50 bits per heavy atom. The Morgan fingerprint density at radius 2 is 2.18 bits per heavy atom. The summed E-state index contributed by atoms with van der Waals surface area (Å²) in [6, 6.07) is 4.27. The third-order valence-electron chi connectivity index (χ3n) is 3.24. The van der Waals surface area contributed by atoms with Gasteiger partial charge in [0.05, 0.1) is 12.6 Å². The van der Waals surface area contributed by atoms with Gasteiger partial charge in [-0.3, -0.25) is 4.90 Å². The molecule has 1 aliphatic rings. The van der Waals surface area contributed by atoms with Crippen LogP contribution in [0, 0.1) is 17.3 Å². The molecule has 2 rings (SSSR count). The van der Waals surface area contributed by atoms with Crippen LogP contribution in [-0.2, 0) is 4.74 Å². The summed E-state index contributed by atoms with van der Waals surface area (Å²) in [5.41, 5.74) is -0.576. The topological polar surface area (TPSA) is 75.5 Å². The molecular weight excluding hydrogens is 289 g/mol. The van der Waals surface area contributed by atoms with Crippen molar-refractivity contribution in [3.8, 4) is 11.8 Å². The lowest BCUT2D eigenvalue weighted by molar-refractivity contribution is -0.0547. The zero-order chi connectivity index (χ0) is 16.5. The summed E-state index contributed by atoms with van der Waals surface area (Å²) in [6.45, 7) is 7.49. The zero-order valence-electron chi connectivity index (χ0n) is 13.0. The molecule has 0 spiro atoms. The molecule has 0 aliphatic carbocycles. The van der Waals surface area contributed by atoms with Gasteiger partial charge in [-0.1, -0.05) is 0 Å². The van der Waals surface area contributed by atoms with E-state index in [0.29, 0.717) is 6.54 Å². The van der Waals surface area contributed by atoms with E-state index in [9.17, 15) is 9.18 Å². The van der Waals surface area contributed by atoms with Crippen LogP contribution in [-0.4, -0.2) is 40.3 Å². The van der Waals surface area contributed by atoms with Crippen LogP contribution in [0.5, 0.6) is 5.75 Å². The Hall–Kier alpha value is -2.36. The summed E-state index contributed by atoms with van der Waals surface area (Å²) in [4.78, 5) is 16.9. The number of carbonyl (C=O) groups is 1. The van der Waals surface area contributed by atoms with E-state index < -0.39 is 17.6 Å². The van der Waals surface area contributed by atoms with E-state index in [4.69, 9.17) is 14.7 Å². The number of likely N-dealkylation sites (tertiary alicyclic amines) is 1. The SMILES string of the molecule is C[C@@H]1[C@@H](Oc2ccc(C#N)nc2F)CN1C(=O)OC(C)(C)C. The zero-order valence-corrected chi connectivity index (χ0v) is 13.0. The second-order valence-electron chi connectivity index (χ2n) is 6.13. The molecule has 1 amide bonds. The second-order valence-corrected chi connectivity index (χ2v) is 6.13. The minimum Gasteiger partial charge on any atom is -0.482 e. The molecule has 1 aromatic heterocycles. The van der Waals surface area contributed by atoms with E-state index in [2.05, 4.69) is 4.98 Å². The Kier molecular flexibility index (Phi) is 4.22. The maximum Gasteiger partial charge on any atom is 0.410 e. The summed E-state index contributed by atoms with van der Waals surface area (Å²) in [5, 5.41) is 8.64. The van der Waals surface area contributed by atoms with Crippen LogP contribution in [0.15, 0.2) is 12.1 Å². The van der Waals surface area contributed by atoms with E-state index in [-0.39, 0.29) is 23.6 Å². The first-order chi connectivity index (χ1) is 10.2. The van der Waals surface area contributed by atoms with Gasteiger partial charge in [-0.25, -0.2) is 9.78 Å². The average Bonchev–Trinajstić information content (AvgIpc) is 2.41. The summed E-state index contributed by atoms with van der Waals surface area (Å²) in [5.74, 6) is -0.860. The van der Waals surface area contributed by atoms with Crippen LogP contribution < -0.4 is 4.74 Å². The third-order valence-corrected chi connectivity index (χ3v) is 3.24. The third kappa shape index (κ3) is 3.45. The van der Waals surface area contributed by atoms with E-state index in [0.717, 1.165) is 0 Å². The quantitative estimate of drug-likeness (QED) is 0.785. The van der Waals surface area contributed by atoms with Gasteiger partial charge in [-0.2, -0.15) is 9.65 Å². The molecule has 1 aromatic rings. The van der Waals surface area contributed by atoms with Gasteiger partial charge in [0.1, 0.15) is 23.5 Å². The first-order valence-electron chi connectivity index (χ1n) is 6.94. The molecule has 2 heterocycles. The number of pyridine rings is 1. The van der Waals surface area contributed by atoms with Crippen molar-refractivity contribution in [2.24, 2.45) is 0 Å². The fourth-order valence-corrected chi connectivity index (χ4v) is 2.01. The first-order valence-corrected chi connectivity index (χ1v) is 6.94. The van der Waals surface area contributed by atoms with Crippen molar-refractivity contribution in [1.29, 1.82) is 5.26 Å². The second kappa shape index (κ2) is 5.79. The number of carbonyl (C=O) groups excluding carboxylic acids is 1. The highest BCUT2D eigenvalue weighted by atomic mass is 19.1. The van der Waals surface area contributed by atoms with Crippen molar-refractivity contribution in [3.63, 3.8) is 0 Å². The summed E-state index contributed by atoms with van der Waals surface area (Å²) < 4.78 is 24.5. The number of hydrogen-bond donors (Lipinski definition) is 0. The standard InChI is InChI=1S/C15H18FN3O3/c1-9-12(8-19(9)14(20)22-15(2,3)4)21-11-6-5-10(7-17)18-13(11)16/h5-6,9,12H,8H2,1-4H3/t9-,12+/m1/s1. The van der Waals surface area contributed by atoms with E-state index in [1.165, 1.54) is 17.0 Å². The van der Waals surface area contributed by atoms with Crippen molar-refractivity contribution in [2.45, 2.75) is 45.4 Å². The van der Waals surface area contributed by atoms with Crippen LogP contribution in [0.1, 0.15) is 33.4 Å². The molecule has 1 saturated heterocycles. The van der Waals surface area contributed by atoms with Crippen LogP contribution in [0.4, 0.5) is 9.18 Å². The fraction of sp³-hybridized carbons (Fsp3) is 0.533. The first kappa shape index (κ1) is 16.0. The molecule has 6 nitrogen and oxygen atoms in total. The van der Waals surface area contributed by atoms with Crippen LogP contribution >= 0.6 is 0 Å². The normalized spacial score (nSPS) is 20.8. The summed E-state index contributed by atoms with van der Waals surface area (Å²) in [7, 11) is 0. The number of amides is 1. The molecule has 1 fully saturated rings. The molecule has 118 valence electrons. The lowest BCUT2D eigenvalue weighted by Gasteiger charge is -2.45. The Balaban J connectivity index is 1.95. The molecule has 0 radical (unpaired) electrons. The Morgan fingerprint density at radius 3 is 2.68 bits per heavy atom. The van der Waals surface area contributed by atoms with Gasteiger partial charge < -0.3 is 9.47 Å². The minimum atomic E-state index is -0.832. The van der Waals surface area contributed by atoms with Crippen molar-refractivity contribution < 1.29 is 18.7 Å². The van der Waals surface area contributed by atoms with Crippen molar-refractivity contribution >= 4 is 6.09 Å². The van der Waals surface area contributed by atoms with E-state index >= 15 is 0 Å². The van der Waals surface area contributed by atoms with Gasteiger partial charge in [0.25, 0.3) is 5.95 Å². The van der Waals surface area contributed by atoms with Crippen LogP contribution in [0.2, 0.25) is 0 Å². The Bertz CT molecular complexity index is 621. The van der Waals surface area contributed by atoms with E-state index in [1.54, 1.807) is 33.8 Å². The van der Waals surface area contributed by atoms with Gasteiger partial charge in [0.2, 0.25) is 0 Å². The molecule has 0 N–H and O–H groups in total. The molecule has 22 heavy (non-hydrogen) atoms. The molecule has 0 bridgehead atoms.